The van der Waals surface area contributed by atoms with Crippen LogP contribution in [0.15, 0.2) is 61.7 Å². The van der Waals surface area contributed by atoms with E-state index in [2.05, 4.69) is 33.1 Å². The first-order valence-electron chi connectivity index (χ1n) is 8.65. The van der Waals surface area contributed by atoms with E-state index in [1.165, 1.54) is 6.92 Å². The quantitative estimate of drug-likeness (QED) is 0.429. The summed E-state index contributed by atoms with van der Waals surface area (Å²) < 4.78 is 5.31. The lowest BCUT2D eigenvalue weighted by Gasteiger charge is -2.28. The molecular weight excluding hydrogens is 324 g/mol. The number of benzene rings is 2. The summed E-state index contributed by atoms with van der Waals surface area (Å²) in [5.41, 5.74) is 3.69. The summed E-state index contributed by atoms with van der Waals surface area (Å²) in [5.74, 6) is 0.506. The maximum Gasteiger partial charge on any atom is 0.308 e. The maximum absolute atomic E-state index is 11.3. The predicted octanol–water partition coefficient (Wildman–Crippen LogP) is 5.10. The number of hydrogen-bond donors (Lipinski definition) is 1. The van der Waals surface area contributed by atoms with Crippen LogP contribution in [0.25, 0.3) is 0 Å². The van der Waals surface area contributed by atoms with Gasteiger partial charge in [-0.2, -0.15) is 0 Å². The molecule has 1 N–H and O–H groups in total. The number of hydrogen-bond acceptors (Lipinski definition) is 3. The standard InChI is InChI=1S/C23H26O3/c1-6-8-17-14-19(10-12-21(17)25)23(4,5)20-11-13-22(26-16(3)24)18(15-20)9-7-2/h6-7,10-15,25H,1-2,8-9H2,3-5H3. The number of phenolic OH excluding ortho intramolecular Hbond substituents is 1. The van der Waals surface area contributed by atoms with Crippen LogP contribution in [-0.2, 0) is 23.1 Å². The van der Waals surface area contributed by atoms with Crippen molar-refractivity contribution in [3.8, 4) is 11.5 Å². The lowest BCUT2D eigenvalue weighted by atomic mass is 9.77. The smallest absolute Gasteiger partial charge is 0.308 e. The highest BCUT2D eigenvalue weighted by atomic mass is 16.5. The van der Waals surface area contributed by atoms with E-state index >= 15 is 0 Å². The van der Waals surface area contributed by atoms with Gasteiger partial charge in [0.25, 0.3) is 0 Å². The zero-order valence-electron chi connectivity index (χ0n) is 15.7. The SMILES string of the molecule is C=CCc1cc(C(C)(C)c2ccc(OC(C)=O)c(CC=C)c2)ccc1O. The Hall–Kier alpha value is -2.81. The van der Waals surface area contributed by atoms with Gasteiger partial charge in [-0.25, -0.2) is 0 Å². The summed E-state index contributed by atoms with van der Waals surface area (Å²) >= 11 is 0. The van der Waals surface area contributed by atoms with E-state index in [1.54, 1.807) is 18.2 Å². The summed E-state index contributed by atoms with van der Waals surface area (Å²) in [4.78, 5) is 11.3. The van der Waals surface area contributed by atoms with Gasteiger partial charge in [-0.3, -0.25) is 4.79 Å². The van der Waals surface area contributed by atoms with Gasteiger partial charge in [-0.05, 0) is 47.2 Å². The number of carbonyl (C=O) groups is 1. The number of carbonyl (C=O) groups excluding carboxylic acids is 1. The topological polar surface area (TPSA) is 46.5 Å². The highest BCUT2D eigenvalue weighted by molar-refractivity contribution is 5.70. The second-order valence-corrected chi connectivity index (χ2v) is 6.87. The highest BCUT2D eigenvalue weighted by Gasteiger charge is 2.25. The van der Waals surface area contributed by atoms with Crippen molar-refractivity contribution in [2.75, 3.05) is 0 Å². The van der Waals surface area contributed by atoms with Crippen molar-refractivity contribution in [1.82, 2.24) is 0 Å². The molecular formula is C23H26O3. The molecule has 0 saturated carbocycles. The Labute approximate surface area is 155 Å². The first-order chi connectivity index (χ1) is 12.3. The van der Waals surface area contributed by atoms with Crippen LogP contribution in [0, 0.1) is 0 Å². The van der Waals surface area contributed by atoms with Crippen LogP contribution in [0.5, 0.6) is 11.5 Å². The van der Waals surface area contributed by atoms with Crippen molar-refractivity contribution in [3.63, 3.8) is 0 Å². The van der Waals surface area contributed by atoms with Crippen LogP contribution in [0.2, 0.25) is 0 Å². The van der Waals surface area contributed by atoms with Crippen molar-refractivity contribution in [1.29, 1.82) is 0 Å². The van der Waals surface area contributed by atoms with Crippen LogP contribution in [0.3, 0.4) is 0 Å². The third-order valence-electron chi connectivity index (χ3n) is 4.57. The third kappa shape index (κ3) is 4.23. The van der Waals surface area contributed by atoms with Gasteiger partial charge in [0.1, 0.15) is 11.5 Å². The molecule has 2 aromatic rings. The zero-order chi connectivity index (χ0) is 19.3. The fourth-order valence-electron chi connectivity index (χ4n) is 3.00. The van der Waals surface area contributed by atoms with Crippen LogP contribution >= 0.6 is 0 Å². The number of rotatable bonds is 7. The molecule has 0 aromatic heterocycles. The fourth-order valence-corrected chi connectivity index (χ4v) is 3.00. The molecule has 136 valence electrons. The second kappa shape index (κ2) is 8.05. The van der Waals surface area contributed by atoms with E-state index in [0.717, 1.165) is 22.3 Å². The Morgan fingerprint density at radius 1 is 1.04 bits per heavy atom. The molecule has 0 unspecified atom stereocenters. The van der Waals surface area contributed by atoms with Gasteiger partial charge in [0.15, 0.2) is 0 Å². The van der Waals surface area contributed by atoms with E-state index in [1.807, 2.05) is 24.3 Å². The summed E-state index contributed by atoms with van der Waals surface area (Å²) in [6.07, 6.45) is 4.80. The summed E-state index contributed by atoms with van der Waals surface area (Å²) in [6, 6.07) is 11.6. The van der Waals surface area contributed by atoms with Gasteiger partial charge >= 0.3 is 5.97 Å². The van der Waals surface area contributed by atoms with Crippen molar-refractivity contribution in [2.24, 2.45) is 0 Å². The minimum absolute atomic E-state index is 0.280. The molecule has 0 saturated heterocycles. The second-order valence-electron chi connectivity index (χ2n) is 6.87. The Balaban J connectivity index is 2.49. The lowest BCUT2D eigenvalue weighted by molar-refractivity contribution is -0.131. The molecule has 0 radical (unpaired) electrons. The Kier molecular flexibility index (Phi) is 6.04. The van der Waals surface area contributed by atoms with Crippen molar-refractivity contribution in [3.05, 3.63) is 84.0 Å². The van der Waals surface area contributed by atoms with Gasteiger partial charge in [-0.1, -0.05) is 50.3 Å². The molecule has 0 heterocycles. The Morgan fingerprint density at radius 2 is 1.58 bits per heavy atom. The van der Waals surface area contributed by atoms with Gasteiger partial charge in [0.2, 0.25) is 0 Å². The normalized spacial score (nSPS) is 11.0. The molecule has 3 heteroatoms. The molecule has 0 aliphatic heterocycles. The molecule has 2 rings (SSSR count). The van der Waals surface area contributed by atoms with Crippen LogP contribution < -0.4 is 4.74 Å². The number of ether oxygens (including phenoxy) is 1. The molecule has 26 heavy (non-hydrogen) atoms. The minimum Gasteiger partial charge on any atom is -0.508 e. The fraction of sp³-hybridized carbons (Fsp3) is 0.261. The average molecular weight is 350 g/mol. The van der Waals surface area contributed by atoms with E-state index < -0.39 is 0 Å². The average Bonchev–Trinajstić information content (AvgIpc) is 2.58. The zero-order valence-corrected chi connectivity index (χ0v) is 15.7. The van der Waals surface area contributed by atoms with Crippen molar-refractivity contribution in [2.45, 2.75) is 39.0 Å². The summed E-state index contributed by atoms with van der Waals surface area (Å²) in [5, 5.41) is 10.0. The summed E-state index contributed by atoms with van der Waals surface area (Å²) in [6.45, 7) is 13.2. The molecule has 0 atom stereocenters. The molecule has 0 aliphatic carbocycles. The minimum atomic E-state index is -0.338. The van der Waals surface area contributed by atoms with Crippen LogP contribution in [-0.4, -0.2) is 11.1 Å². The number of aromatic hydroxyl groups is 1. The van der Waals surface area contributed by atoms with Crippen LogP contribution in [0.1, 0.15) is 43.0 Å². The van der Waals surface area contributed by atoms with E-state index in [9.17, 15) is 9.90 Å². The van der Waals surface area contributed by atoms with Crippen molar-refractivity contribution >= 4 is 5.97 Å². The largest absolute Gasteiger partial charge is 0.508 e. The molecule has 0 amide bonds. The van der Waals surface area contributed by atoms with Crippen LogP contribution in [0.4, 0.5) is 0 Å². The first kappa shape index (κ1) is 19.5. The number of phenols is 1. The highest BCUT2D eigenvalue weighted by Crippen LogP contribution is 2.36. The predicted molar refractivity (Wildman–Crippen MR) is 106 cm³/mol. The molecule has 0 fully saturated rings. The van der Waals surface area contributed by atoms with E-state index in [-0.39, 0.29) is 17.1 Å². The number of esters is 1. The monoisotopic (exact) mass is 350 g/mol. The van der Waals surface area contributed by atoms with E-state index in [0.29, 0.717) is 18.6 Å². The Morgan fingerprint density at radius 3 is 2.15 bits per heavy atom. The van der Waals surface area contributed by atoms with E-state index in [4.69, 9.17) is 4.74 Å². The molecule has 3 nitrogen and oxygen atoms in total. The molecule has 0 aliphatic rings. The summed E-state index contributed by atoms with van der Waals surface area (Å²) in [7, 11) is 0. The molecule has 2 aromatic carbocycles. The third-order valence-corrected chi connectivity index (χ3v) is 4.57. The van der Waals surface area contributed by atoms with Crippen molar-refractivity contribution < 1.29 is 14.6 Å². The van der Waals surface area contributed by atoms with Gasteiger partial charge in [-0.15, -0.1) is 13.2 Å². The van der Waals surface area contributed by atoms with Gasteiger partial charge in [0, 0.05) is 12.3 Å². The first-order valence-corrected chi connectivity index (χ1v) is 8.65. The molecule has 0 bridgehead atoms. The number of allylic oxidation sites excluding steroid dienone is 2. The molecule has 0 spiro atoms. The lowest BCUT2D eigenvalue weighted by Crippen LogP contribution is -2.19. The Bertz CT molecular complexity index is 831. The van der Waals surface area contributed by atoms with Gasteiger partial charge < -0.3 is 9.84 Å². The maximum atomic E-state index is 11.3. The van der Waals surface area contributed by atoms with Gasteiger partial charge in [0.05, 0.1) is 0 Å².